The average Bonchev–Trinajstić information content (AvgIpc) is 2.51. The van der Waals surface area contributed by atoms with Crippen LogP contribution in [0.15, 0.2) is 29.8 Å². The molecule has 1 amide bonds. The van der Waals surface area contributed by atoms with Gasteiger partial charge >= 0.3 is 0 Å². The van der Waals surface area contributed by atoms with Gasteiger partial charge in [0.25, 0.3) is 5.91 Å². The molecule has 21 heavy (non-hydrogen) atoms. The zero-order chi connectivity index (χ0) is 15.7. The molecule has 1 rings (SSSR count). The molecule has 0 aliphatic carbocycles. The van der Waals surface area contributed by atoms with E-state index in [2.05, 4.69) is 5.32 Å². The van der Waals surface area contributed by atoms with E-state index in [1.807, 2.05) is 26.0 Å². The Morgan fingerprint density at radius 1 is 1.38 bits per heavy atom. The molecule has 0 aliphatic heterocycles. The second-order valence-corrected chi connectivity index (χ2v) is 4.47. The number of nitriles is 2. The Morgan fingerprint density at radius 3 is 2.57 bits per heavy atom. The maximum atomic E-state index is 11.9. The van der Waals surface area contributed by atoms with Crippen molar-refractivity contribution in [3.63, 3.8) is 0 Å². The molecule has 0 fully saturated rings. The summed E-state index contributed by atoms with van der Waals surface area (Å²) in [5.41, 5.74) is 0.774. The van der Waals surface area contributed by atoms with E-state index in [0.29, 0.717) is 5.75 Å². The molecule has 0 radical (unpaired) electrons. The molecule has 0 spiro atoms. The van der Waals surface area contributed by atoms with E-state index in [9.17, 15) is 4.79 Å². The van der Waals surface area contributed by atoms with Crippen LogP contribution in [-0.2, 0) is 4.79 Å². The number of amides is 1. The number of carbonyl (C=O) groups excluding carboxylic acids is 1. The number of benzene rings is 1. The van der Waals surface area contributed by atoms with Gasteiger partial charge in [0.2, 0.25) is 0 Å². The molecule has 0 aromatic heterocycles. The standard InChI is InChI=1S/C16H17N3O2/c1-3-12(2)19-16(20)14(11-18)10-13-4-6-15(7-5-13)21-9-8-17/h4-7,10,12H,3,9H2,1-2H3,(H,19,20)/b14-10+/t12-/m0/s1. The Morgan fingerprint density at radius 2 is 2.05 bits per heavy atom. The third kappa shape index (κ3) is 5.38. The summed E-state index contributed by atoms with van der Waals surface area (Å²) in [6, 6.07) is 10.6. The number of rotatable bonds is 6. The predicted molar refractivity (Wildman–Crippen MR) is 79.0 cm³/mol. The molecular formula is C16H17N3O2. The fraction of sp³-hybridized carbons (Fsp3) is 0.312. The van der Waals surface area contributed by atoms with Gasteiger partial charge in [-0.1, -0.05) is 19.1 Å². The van der Waals surface area contributed by atoms with E-state index in [4.69, 9.17) is 15.3 Å². The average molecular weight is 283 g/mol. The normalized spacial score (nSPS) is 11.9. The van der Waals surface area contributed by atoms with Gasteiger partial charge in [0.1, 0.15) is 23.5 Å². The van der Waals surface area contributed by atoms with Gasteiger partial charge in [-0.15, -0.1) is 0 Å². The lowest BCUT2D eigenvalue weighted by Crippen LogP contribution is -2.32. The van der Waals surface area contributed by atoms with Crippen molar-refractivity contribution in [1.29, 1.82) is 10.5 Å². The fourth-order valence-corrected chi connectivity index (χ4v) is 1.49. The van der Waals surface area contributed by atoms with Crippen molar-refractivity contribution < 1.29 is 9.53 Å². The quantitative estimate of drug-likeness (QED) is 0.641. The lowest BCUT2D eigenvalue weighted by Gasteiger charge is -2.10. The Balaban J connectivity index is 2.81. The second-order valence-electron chi connectivity index (χ2n) is 4.47. The van der Waals surface area contributed by atoms with Crippen LogP contribution in [-0.4, -0.2) is 18.6 Å². The molecule has 1 aromatic carbocycles. The van der Waals surface area contributed by atoms with Gasteiger partial charge in [0.05, 0.1) is 0 Å². The summed E-state index contributed by atoms with van der Waals surface area (Å²) in [5, 5.41) is 20.2. The van der Waals surface area contributed by atoms with Crippen molar-refractivity contribution in [2.75, 3.05) is 6.61 Å². The first-order chi connectivity index (χ1) is 10.1. The molecule has 0 unspecified atom stereocenters. The zero-order valence-electron chi connectivity index (χ0n) is 12.1. The van der Waals surface area contributed by atoms with Gasteiger partial charge in [0.15, 0.2) is 6.61 Å². The van der Waals surface area contributed by atoms with Crippen molar-refractivity contribution in [3.05, 3.63) is 35.4 Å². The molecule has 5 nitrogen and oxygen atoms in total. The smallest absolute Gasteiger partial charge is 0.262 e. The number of carbonyl (C=O) groups is 1. The highest BCUT2D eigenvalue weighted by molar-refractivity contribution is 6.01. The number of hydrogen-bond donors (Lipinski definition) is 1. The Hall–Kier alpha value is -2.79. The van der Waals surface area contributed by atoms with Crippen molar-refractivity contribution in [3.8, 4) is 17.9 Å². The molecule has 5 heteroatoms. The van der Waals surface area contributed by atoms with Crippen LogP contribution < -0.4 is 10.1 Å². The SMILES string of the molecule is CC[C@H](C)NC(=O)/C(C#N)=C/c1ccc(OCC#N)cc1. The minimum absolute atomic E-state index is 0.0179. The maximum absolute atomic E-state index is 11.9. The highest BCUT2D eigenvalue weighted by Gasteiger charge is 2.11. The largest absolute Gasteiger partial charge is 0.479 e. The molecule has 108 valence electrons. The molecule has 1 aromatic rings. The summed E-state index contributed by atoms with van der Waals surface area (Å²) in [7, 11) is 0. The van der Waals surface area contributed by atoms with Crippen LogP contribution in [0, 0.1) is 22.7 Å². The molecule has 1 N–H and O–H groups in total. The third-order valence-electron chi connectivity index (χ3n) is 2.85. The second kappa shape index (κ2) is 8.39. The van der Waals surface area contributed by atoms with E-state index in [1.54, 1.807) is 24.3 Å². The third-order valence-corrected chi connectivity index (χ3v) is 2.85. The highest BCUT2D eigenvalue weighted by atomic mass is 16.5. The van der Waals surface area contributed by atoms with Crippen molar-refractivity contribution in [2.24, 2.45) is 0 Å². The molecule has 0 saturated heterocycles. The van der Waals surface area contributed by atoms with Crippen LogP contribution in [0.5, 0.6) is 5.75 Å². The van der Waals surface area contributed by atoms with E-state index < -0.39 is 0 Å². The van der Waals surface area contributed by atoms with Crippen molar-refractivity contribution >= 4 is 12.0 Å². The summed E-state index contributed by atoms with van der Waals surface area (Å²) in [4.78, 5) is 11.9. The first-order valence-electron chi connectivity index (χ1n) is 6.63. The molecule has 0 saturated carbocycles. The van der Waals surface area contributed by atoms with Gasteiger partial charge in [-0.3, -0.25) is 4.79 Å². The summed E-state index contributed by atoms with van der Waals surface area (Å²) in [6.45, 7) is 3.82. The van der Waals surface area contributed by atoms with E-state index in [1.165, 1.54) is 6.08 Å². The number of nitrogens with one attached hydrogen (secondary N) is 1. The van der Waals surface area contributed by atoms with Crippen LogP contribution in [0.2, 0.25) is 0 Å². The number of nitrogens with zero attached hydrogens (tertiary/aromatic N) is 2. The molecule has 0 heterocycles. The zero-order valence-corrected chi connectivity index (χ0v) is 12.1. The molecule has 0 aliphatic rings. The molecule has 1 atom stereocenters. The van der Waals surface area contributed by atoms with Crippen LogP contribution in [0.3, 0.4) is 0 Å². The predicted octanol–water partition coefficient (Wildman–Crippen LogP) is 2.41. The fourth-order valence-electron chi connectivity index (χ4n) is 1.49. The van der Waals surface area contributed by atoms with Gasteiger partial charge in [-0.2, -0.15) is 10.5 Å². The van der Waals surface area contributed by atoms with E-state index >= 15 is 0 Å². The summed E-state index contributed by atoms with van der Waals surface area (Å²) in [5.74, 6) is 0.188. The van der Waals surface area contributed by atoms with Gasteiger partial charge in [0, 0.05) is 6.04 Å². The molecule has 0 bridgehead atoms. The summed E-state index contributed by atoms with van der Waals surface area (Å²) < 4.78 is 5.13. The lowest BCUT2D eigenvalue weighted by atomic mass is 10.1. The highest BCUT2D eigenvalue weighted by Crippen LogP contribution is 2.14. The maximum Gasteiger partial charge on any atom is 0.262 e. The minimum Gasteiger partial charge on any atom is -0.479 e. The van der Waals surface area contributed by atoms with E-state index in [0.717, 1.165) is 12.0 Å². The van der Waals surface area contributed by atoms with Crippen LogP contribution in [0.1, 0.15) is 25.8 Å². The Labute approximate surface area is 124 Å². The van der Waals surface area contributed by atoms with Gasteiger partial charge < -0.3 is 10.1 Å². The van der Waals surface area contributed by atoms with Crippen LogP contribution in [0.4, 0.5) is 0 Å². The monoisotopic (exact) mass is 283 g/mol. The first-order valence-corrected chi connectivity index (χ1v) is 6.63. The van der Waals surface area contributed by atoms with Crippen molar-refractivity contribution in [2.45, 2.75) is 26.3 Å². The number of hydrogen-bond acceptors (Lipinski definition) is 4. The topological polar surface area (TPSA) is 85.9 Å². The molecular weight excluding hydrogens is 266 g/mol. The summed E-state index contributed by atoms with van der Waals surface area (Å²) >= 11 is 0. The van der Waals surface area contributed by atoms with Gasteiger partial charge in [-0.05, 0) is 37.1 Å². The lowest BCUT2D eigenvalue weighted by molar-refractivity contribution is -0.117. The van der Waals surface area contributed by atoms with Crippen LogP contribution in [0.25, 0.3) is 6.08 Å². The van der Waals surface area contributed by atoms with E-state index in [-0.39, 0.29) is 24.1 Å². The minimum atomic E-state index is -0.378. The first kappa shape index (κ1) is 16.3. The summed E-state index contributed by atoms with van der Waals surface area (Å²) in [6.07, 6.45) is 2.32. The van der Waals surface area contributed by atoms with Gasteiger partial charge in [-0.25, -0.2) is 0 Å². The Kier molecular flexibility index (Phi) is 6.50. The number of ether oxygens (including phenoxy) is 1. The van der Waals surface area contributed by atoms with Crippen molar-refractivity contribution in [1.82, 2.24) is 5.32 Å². The van der Waals surface area contributed by atoms with Crippen LogP contribution >= 0.6 is 0 Å². The Bertz CT molecular complexity index is 591.